The van der Waals surface area contributed by atoms with Crippen LogP contribution in [0.3, 0.4) is 0 Å². The molecule has 5 heteroatoms. The van der Waals surface area contributed by atoms with E-state index >= 15 is 0 Å². The molecule has 4 heterocycles. The number of hydrogen-bond acceptors (Lipinski definition) is 3. The summed E-state index contributed by atoms with van der Waals surface area (Å²) in [6.45, 7) is 0.634. The maximum atomic E-state index is 13.2. The highest BCUT2D eigenvalue weighted by Gasteiger charge is 2.29. The van der Waals surface area contributed by atoms with Gasteiger partial charge in [-0.25, -0.2) is 0 Å². The minimum atomic E-state index is 0.0644. The molecule has 0 unspecified atom stereocenters. The molecular formula is C31H22N4O. The van der Waals surface area contributed by atoms with E-state index in [9.17, 15) is 4.79 Å². The molecule has 0 bridgehead atoms. The predicted octanol–water partition coefficient (Wildman–Crippen LogP) is 6.49. The lowest BCUT2D eigenvalue weighted by Crippen LogP contribution is -2.18. The van der Waals surface area contributed by atoms with Gasteiger partial charge in [0.15, 0.2) is 0 Å². The normalized spacial score (nSPS) is 13.0. The van der Waals surface area contributed by atoms with Crippen LogP contribution in [0.5, 0.6) is 0 Å². The molecule has 0 saturated heterocycles. The summed E-state index contributed by atoms with van der Waals surface area (Å²) < 4.78 is 2.24. The van der Waals surface area contributed by atoms with Crippen LogP contribution in [-0.2, 0) is 6.54 Å². The molecule has 6 aromatic rings. The number of fused-ring (bicyclic) bond motifs is 4. The molecule has 0 saturated carbocycles. The van der Waals surface area contributed by atoms with Crippen LogP contribution in [0.4, 0.5) is 0 Å². The Morgan fingerprint density at radius 1 is 0.694 bits per heavy atom. The highest BCUT2D eigenvalue weighted by atomic mass is 16.2. The van der Waals surface area contributed by atoms with Gasteiger partial charge in [0, 0.05) is 60.3 Å². The van der Waals surface area contributed by atoms with E-state index in [1.165, 1.54) is 0 Å². The van der Waals surface area contributed by atoms with Gasteiger partial charge in [-0.2, -0.15) is 0 Å². The Hall–Kier alpha value is -4.77. The summed E-state index contributed by atoms with van der Waals surface area (Å²) in [5.41, 5.74) is 9.26. The molecule has 1 amide bonds. The van der Waals surface area contributed by atoms with Gasteiger partial charge in [-0.3, -0.25) is 14.8 Å². The maximum absolute atomic E-state index is 13.2. The van der Waals surface area contributed by atoms with Crippen molar-refractivity contribution < 1.29 is 4.79 Å². The van der Waals surface area contributed by atoms with Crippen LogP contribution < -0.4 is 0 Å². The summed E-state index contributed by atoms with van der Waals surface area (Å²) in [4.78, 5) is 23.6. The largest absolute Gasteiger partial charge is 0.337 e. The first kappa shape index (κ1) is 20.6. The van der Waals surface area contributed by atoms with Gasteiger partial charge in [0.25, 0.3) is 5.91 Å². The average Bonchev–Trinajstić information content (AvgIpc) is 3.42. The Morgan fingerprint density at radius 3 is 1.86 bits per heavy atom. The van der Waals surface area contributed by atoms with E-state index in [2.05, 4.69) is 75.2 Å². The van der Waals surface area contributed by atoms with E-state index in [0.29, 0.717) is 6.54 Å². The third-order valence-electron chi connectivity index (χ3n) is 7.09. The number of rotatable bonds is 3. The van der Waals surface area contributed by atoms with Crippen molar-refractivity contribution in [1.82, 2.24) is 19.4 Å². The van der Waals surface area contributed by atoms with Crippen molar-refractivity contribution in [2.24, 2.45) is 0 Å². The predicted molar refractivity (Wildman–Crippen MR) is 143 cm³/mol. The first-order chi connectivity index (χ1) is 17.7. The van der Waals surface area contributed by atoms with Gasteiger partial charge in [0.2, 0.25) is 0 Å². The molecule has 0 radical (unpaired) electrons. The zero-order chi connectivity index (χ0) is 24.2. The Balaban J connectivity index is 1.55. The molecule has 5 nitrogen and oxygen atoms in total. The van der Waals surface area contributed by atoms with Gasteiger partial charge in [0.05, 0.1) is 22.3 Å². The number of hydrogen-bond donors (Lipinski definition) is 0. The van der Waals surface area contributed by atoms with Crippen LogP contribution >= 0.6 is 0 Å². The van der Waals surface area contributed by atoms with E-state index in [0.717, 1.165) is 60.9 Å². The van der Waals surface area contributed by atoms with Gasteiger partial charge in [-0.15, -0.1) is 0 Å². The van der Waals surface area contributed by atoms with Gasteiger partial charge in [-0.1, -0.05) is 36.4 Å². The van der Waals surface area contributed by atoms with Crippen molar-refractivity contribution in [3.8, 4) is 27.9 Å². The van der Waals surface area contributed by atoms with E-state index < -0.39 is 0 Å². The van der Waals surface area contributed by atoms with Crippen LogP contribution in [0.1, 0.15) is 15.9 Å². The standard InChI is InChI=1S/C31H22N4O/c1-34-19-24-5-2-8-29(30(24)31(34)36)35-27-11-9-20(22-6-3-13-32-17-22)15-25(27)26-16-21(10-12-28(26)35)23-7-4-14-33-18-23/h2-18H,19H2,1H3. The summed E-state index contributed by atoms with van der Waals surface area (Å²) >= 11 is 0. The van der Waals surface area contributed by atoms with Gasteiger partial charge < -0.3 is 9.47 Å². The molecule has 1 aliphatic rings. The molecule has 172 valence electrons. The van der Waals surface area contributed by atoms with Crippen molar-refractivity contribution in [1.29, 1.82) is 0 Å². The van der Waals surface area contributed by atoms with E-state index in [1.54, 1.807) is 17.3 Å². The second-order valence-electron chi connectivity index (χ2n) is 9.26. The number of nitrogens with zero attached hydrogens (tertiary/aromatic N) is 4. The zero-order valence-corrected chi connectivity index (χ0v) is 19.7. The zero-order valence-electron chi connectivity index (χ0n) is 19.7. The lowest BCUT2D eigenvalue weighted by Gasteiger charge is -2.13. The first-order valence-corrected chi connectivity index (χ1v) is 12.0. The SMILES string of the molecule is CN1Cc2cccc(-n3c4ccc(-c5cccnc5)cc4c4cc(-c5cccnc5)ccc43)c2C1=O. The molecule has 36 heavy (non-hydrogen) atoms. The van der Waals surface area contributed by atoms with Crippen molar-refractivity contribution in [3.05, 3.63) is 115 Å². The number of carbonyl (C=O) groups excluding carboxylic acids is 1. The maximum Gasteiger partial charge on any atom is 0.256 e. The number of benzene rings is 3. The Labute approximate surface area is 208 Å². The topological polar surface area (TPSA) is 51.0 Å². The molecule has 0 N–H and O–H groups in total. The van der Waals surface area contributed by atoms with Crippen molar-refractivity contribution in [2.45, 2.75) is 6.54 Å². The molecule has 7 rings (SSSR count). The van der Waals surface area contributed by atoms with Crippen LogP contribution in [-0.4, -0.2) is 32.4 Å². The Bertz CT molecular complexity index is 1690. The summed E-state index contributed by atoms with van der Waals surface area (Å²) in [7, 11) is 1.86. The number of amides is 1. The van der Waals surface area contributed by atoms with Crippen LogP contribution in [0.2, 0.25) is 0 Å². The molecule has 0 fully saturated rings. The van der Waals surface area contributed by atoms with Crippen LogP contribution in [0.25, 0.3) is 49.7 Å². The fraction of sp³-hybridized carbons (Fsp3) is 0.0645. The van der Waals surface area contributed by atoms with E-state index in [1.807, 2.05) is 37.6 Å². The quantitative estimate of drug-likeness (QED) is 0.299. The Kier molecular flexibility index (Phi) is 4.51. The second-order valence-corrected chi connectivity index (χ2v) is 9.26. The molecule has 0 atom stereocenters. The highest BCUT2D eigenvalue weighted by molar-refractivity contribution is 6.13. The fourth-order valence-electron chi connectivity index (χ4n) is 5.38. The molecule has 0 aliphatic carbocycles. The van der Waals surface area contributed by atoms with Crippen LogP contribution in [0.15, 0.2) is 104 Å². The van der Waals surface area contributed by atoms with Crippen molar-refractivity contribution in [3.63, 3.8) is 0 Å². The lowest BCUT2D eigenvalue weighted by atomic mass is 10.0. The Morgan fingerprint density at radius 2 is 1.31 bits per heavy atom. The van der Waals surface area contributed by atoms with E-state index in [-0.39, 0.29) is 5.91 Å². The monoisotopic (exact) mass is 466 g/mol. The number of pyridine rings is 2. The summed E-state index contributed by atoms with van der Waals surface area (Å²) in [6.07, 6.45) is 7.36. The molecule has 3 aromatic carbocycles. The number of aromatic nitrogens is 3. The molecule has 3 aromatic heterocycles. The van der Waals surface area contributed by atoms with Gasteiger partial charge >= 0.3 is 0 Å². The van der Waals surface area contributed by atoms with Gasteiger partial charge in [-0.05, 0) is 59.2 Å². The first-order valence-electron chi connectivity index (χ1n) is 12.0. The lowest BCUT2D eigenvalue weighted by molar-refractivity contribution is 0.0816. The third-order valence-corrected chi connectivity index (χ3v) is 7.09. The second kappa shape index (κ2) is 7.89. The smallest absolute Gasteiger partial charge is 0.256 e. The number of carbonyl (C=O) groups is 1. The molecule has 0 spiro atoms. The highest BCUT2D eigenvalue weighted by Crippen LogP contribution is 2.39. The summed E-state index contributed by atoms with van der Waals surface area (Å²) in [6, 6.07) is 27.3. The third kappa shape index (κ3) is 3.06. The van der Waals surface area contributed by atoms with Crippen molar-refractivity contribution >= 4 is 27.7 Å². The van der Waals surface area contributed by atoms with Crippen LogP contribution in [0, 0.1) is 0 Å². The fourth-order valence-corrected chi connectivity index (χ4v) is 5.38. The minimum Gasteiger partial charge on any atom is -0.337 e. The molecule has 1 aliphatic heterocycles. The van der Waals surface area contributed by atoms with E-state index in [4.69, 9.17) is 0 Å². The molecular weight excluding hydrogens is 444 g/mol. The average molecular weight is 467 g/mol. The summed E-state index contributed by atoms with van der Waals surface area (Å²) in [5.74, 6) is 0.0644. The summed E-state index contributed by atoms with van der Waals surface area (Å²) in [5, 5.41) is 2.27. The van der Waals surface area contributed by atoms with Crippen molar-refractivity contribution in [2.75, 3.05) is 7.05 Å². The minimum absolute atomic E-state index is 0.0644. The van der Waals surface area contributed by atoms with Gasteiger partial charge in [0.1, 0.15) is 0 Å².